The van der Waals surface area contributed by atoms with Crippen molar-refractivity contribution in [1.82, 2.24) is 9.88 Å². The van der Waals surface area contributed by atoms with Crippen LogP contribution < -0.4 is 5.73 Å². The predicted octanol–water partition coefficient (Wildman–Crippen LogP) is 1.27. The number of likely N-dealkylation sites (tertiary alicyclic amines) is 1. The molecule has 1 amide bonds. The summed E-state index contributed by atoms with van der Waals surface area (Å²) in [6, 6.07) is 0. The minimum atomic E-state index is 0.0318. The zero-order chi connectivity index (χ0) is 13.1. The molecule has 0 aromatic carbocycles. The maximum Gasteiger partial charge on any atom is 0.265 e. The molecule has 0 saturated carbocycles. The minimum absolute atomic E-state index is 0.0318. The van der Waals surface area contributed by atoms with Crippen molar-refractivity contribution in [3.8, 4) is 0 Å². The number of aliphatic hydroxyl groups excluding tert-OH is 1. The number of anilines is 1. The Morgan fingerprint density at radius 2 is 2.44 bits per heavy atom. The lowest BCUT2D eigenvalue weighted by atomic mass is 9.95. The van der Waals surface area contributed by atoms with Crippen LogP contribution in [0, 0.1) is 12.8 Å². The van der Waals surface area contributed by atoms with Gasteiger partial charge >= 0.3 is 0 Å². The number of hydrogen-bond acceptors (Lipinski definition) is 5. The highest BCUT2D eigenvalue weighted by Gasteiger charge is 2.26. The highest BCUT2D eigenvalue weighted by molar-refractivity contribution is 7.17. The fourth-order valence-corrected chi connectivity index (χ4v) is 3.23. The molecular weight excluding hydrogens is 250 g/mol. The van der Waals surface area contributed by atoms with E-state index in [1.165, 1.54) is 11.3 Å². The molecule has 0 aliphatic carbocycles. The molecule has 3 N–H and O–H groups in total. The molecule has 18 heavy (non-hydrogen) atoms. The zero-order valence-electron chi connectivity index (χ0n) is 10.6. The fraction of sp³-hybridized carbons (Fsp3) is 0.667. The Hall–Kier alpha value is -1.14. The number of aryl methyl sites for hydroxylation is 1. The largest absolute Gasteiger partial charge is 0.396 e. The first-order valence-electron chi connectivity index (χ1n) is 6.25. The van der Waals surface area contributed by atoms with Gasteiger partial charge in [0, 0.05) is 19.7 Å². The van der Waals surface area contributed by atoms with Crippen LogP contribution in [0.4, 0.5) is 5.13 Å². The van der Waals surface area contributed by atoms with E-state index in [9.17, 15) is 4.79 Å². The molecular formula is C12H19N3O2S. The topological polar surface area (TPSA) is 79.5 Å². The summed E-state index contributed by atoms with van der Waals surface area (Å²) in [4.78, 5) is 19.0. The molecule has 0 bridgehead atoms. The molecule has 0 radical (unpaired) electrons. The molecule has 1 aromatic rings. The number of rotatable bonds is 3. The lowest BCUT2D eigenvalue weighted by Crippen LogP contribution is -2.40. The van der Waals surface area contributed by atoms with E-state index in [1.54, 1.807) is 0 Å². The maximum atomic E-state index is 12.4. The number of amides is 1. The summed E-state index contributed by atoms with van der Waals surface area (Å²) in [5.41, 5.74) is 6.34. The molecule has 1 saturated heterocycles. The van der Waals surface area contributed by atoms with E-state index < -0.39 is 0 Å². The molecule has 1 unspecified atom stereocenters. The average Bonchev–Trinajstić information content (AvgIpc) is 2.68. The molecule has 1 aliphatic heterocycles. The number of nitrogen functional groups attached to an aromatic ring is 1. The number of carbonyl (C=O) groups excluding carboxylic acids is 1. The van der Waals surface area contributed by atoms with Crippen molar-refractivity contribution >= 4 is 22.4 Å². The second kappa shape index (κ2) is 5.67. The van der Waals surface area contributed by atoms with Gasteiger partial charge in [-0.1, -0.05) is 11.3 Å². The Morgan fingerprint density at radius 1 is 1.67 bits per heavy atom. The van der Waals surface area contributed by atoms with Gasteiger partial charge in [0.1, 0.15) is 4.88 Å². The fourth-order valence-electron chi connectivity index (χ4n) is 2.43. The van der Waals surface area contributed by atoms with Crippen LogP contribution in [0.25, 0.3) is 0 Å². The Kier molecular flexibility index (Phi) is 4.19. The third-order valence-electron chi connectivity index (χ3n) is 3.35. The van der Waals surface area contributed by atoms with Gasteiger partial charge in [-0.05, 0) is 32.1 Å². The maximum absolute atomic E-state index is 12.4. The number of aliphatic hydroxyl groups is 1. The van der Waals surface area contributed by atoms with Crippen LogP contribution in [-0.2, 0) is 0 Å². The van der Waals surface area contributed by atoms with Gasteiger partial charge in [-0.15, -0.1) is 0 Å². The van der Waals surface area contributed by atoms with E-state index in [4.69, 9.17) is 10.8 Å². The van der Waals surface area contributed by atoms with Crippen LogP contribution in [0.5, 0.6) is 0 Å². The molecule has 5 nitrogen and oxygen atoms in total. The highest BCUT2D eigenvalue weighted by Crippen LogP contribution is 2.25. The molecule has 1 atom stereocenters. The van der Waals surface area contributed by atoms with Crippen LogP contribution in [0.1, 0.15) is 34.6 Å². The number of aromatic nitrogens is 1. The number of thiazole rings is 1. The zero-order valence-corrected chi connectivity index (χ0v) is 11.4. The van der Waals surface area contributed by atoms with Gasteiger partial charge in [0.15, 0.2) is 5.13 Å². The van der Waals surface area contributed by atoms with Crippen LogP contribution in [0.3, 0.4) is 0 Å². The number of nitrogens with two attached hydrogens (primary N) is 1. The van der Waals surface area contributed by atoms with Gasteiger partial charge < -0.3 is 15.7 Å². The summed E-state index contributed by atoms with van der Waals surface area (Å²) in [5.74, 6) is 0.447. The lowest BCUT2D eigenvalue weighted by Gasteiger charge is -2.32. The third-order valence-corrected chi connectivity index (χ3v) is 4.33. The SMILES string of the molecule is Cc1nc(N)sc1C(=O)N1CCCC(CCO)C1. The first-order chi connectivity index (χ1) is 8.61. The van der Waals surface area contributed by atoms with Crippen molar-refractivity contribution in [3.63, 3.8) is 0 Å². The van der Waals surface area contributed by atoms with Gasteiger partial charge in [-0.2, -0.15) is 0 Å². The first kappa shape index (κ1) is 13.3. The van der Waals surface area contributed by atoms with Gasteiger partial charge in [-0.25, -0.2) is 4.98 Å². The second-order valence-corrected chi connectivity index (χ2v) is 5.77. The second-order valence-electron chi connectivity index (χ2n) is 4.74. The molecule has 100 valence electrons. The van der Waals surface area contributed by atoms with Crippen LogP contribution in [0.15, 0.2) is 0 Å². The summed E-state index contributed by atoms with van der Waals surface area (Å²) in [6.07, 6.45) is 2.87. The highest BCUT2D eigenvalue weighted by atomic mass is 32.1. The van der Waals surface area contributed by atoms with Gasteiger partial charge in [0.2, 0.25) is 0 Å². The Morgan fingerprint density at radius 3 is 3.06 bits per heavy atom. The molecule has 0 spiro atoms. The smallest absolute Gasteiger partial charge is 0.265 e. The Bertz CT molecular complexity index is 431. The minimum Gasteiger partial charge on any atom is -0.396 e. The van der Waals surface area contributed by atoms with E-state index in [1.807, 2.05) is 11.8 Å². The van der Waals surface area contributed by atoms with Crippen molar-refractivity contribution in [2.24, 2.45) is 5.92 Å². The number of piperidine rings is 1. The van der Waals surface area contributed by atoms with Crippen molar-refractivity contribution in [2.45, 2.75) is 26.2 Å². The van der Waals surface area contributed by atoms with Crippen molar-refractivity contribution in [3.05, 3.63) is 10.6 Å². The predicted molar refractivity (Wildman–Crippen MR) is 71.6 cm³/mol. The number of nitrogens with zero attached hydrogens (tertiary/aromatic N) is 2. The van der Waals surface area contributed by atoms with Gasteiger partial charge in [-0.3, -0.25) is 4.79 Å². The van der Waals surface area contributed by atoms with Crippen LogP contribution >= 0.6 is 11.3 Å². The van der Waals surface area contributed by atoms with E-state index in [0.29, 0.717) is 21.6 Å². The van der Waals surface area contributed by atoms with E-state index in [0.717, 1.165) is 32.4 Å². The first-order valence-corrected chi connectivity index (χ1v) is 7.06. The van der Waals surface area contributed by atoms with Crippen LogP contribution in [-0.4, -0.2) is 40.6 Å². The molecule has 2 rings (SSSR count). The van der Waals surface area contributed by atoms with Crippen LogP contribution in [0.2, 0.25) is 0 Å². The molecule has 1 fully saturated rings. The Labute approximate surface area is 111 Å². The summed E-state index contributed by atoms with van der Waals surface area (Å²) >= 11 is 1.26. The van der Waals surface area contributed by atoms with E-state index in [2.05, 4.69) is 4.98 Å². The summed E-state index contributed by atoms with van der Waals surface area (Å²) in [5, 5.41) is 9.42. The monoisotopic (exact) mass is 269 g/mol. The normalized spacial score (nSPS) is 20.1. The molecule has 6 heteroatoms. The quantitative estimate of drug-likeness (QED) is 0.866. The standard InChI is InChI=1S/C12H19N3O2S/c1-8-10(18-12(13)14-8)11(17)15-5-2-3-9(7-15)4-6-16/h9,16H,2-7H2,1H3,(H2,13,14). The average molecular weight is 269 g/mol. The van der Waals surface area contributed by atoms with Gasteiger partial charge in [0.25, 0.3) is 5.91 Å². The molecule has 1 aliphatic rings. The number of carbonyl (C=O) groups is 1. The number of hydrogen-bond donors (Lipinski definition) is 2. The third kappa shape index (κ3) is 2.81. The van der Waals surface area contributed by atoms with Crippen molar-refractivity contribution < 1.29 is 9.90 Å². The summed E-state index contributed by atoms with van der Waals surface area (Å²) in [7, 11) is 0. The van der Waals surface area contributed by atoms with E-state index >= 15 is 0 Å². The summed E-state index contributed by atoms with van der Waals surface area (Å²) < 4.78 is 0. The van der Waals surface area contributed by atoms with Crippen molar-refractivity contribution in [1.29, 1.82) is 0 Å². The van der Waals surface area contributed by atoms with Crippen molar-refractivity contribution in [2.75, 3.05) is 25.4 Å². The van der Waals surface area contributed by atoms with Gasteiger partial charge in [0.05, 0.1) is 5.69 Å². The summed E-state index contributed by atoms with van der Waals surface area (Å²) in [6.45, 7) is 3.53. The lowest BCUT2D eigenvalue weighted by molar-refractivity contribution is 0.0657. The molecule has 1 aromatic heterocycles. The van der Waals surface area contributed by atoms with E-state index in [-0.39, 0.29) is 12.5 Å². The molecule has 2 heterocycles. The Balaban J connectivity index is 2.06.